The van der Waals surface area contributed by atoms with Gasteiger partial charge in [0.1, 0.15) is 10.8 Å². The Hall–Kier alpha value is -1.00. The zero-order chi connectivity index (χ0) is 14.8. The second kappa shape index (κ2) is 6.19. The van der Waals surface area contributed by atoms with Gasteiger partial charge in [0.25, 0.3) is 0 Å². The molecule has 1 aliphatic heterocycles. The van der Waals surface area contributed by atoms with Crippen LogP contribution >= 0.6 is 12.2 Å². The summed E-state index contributed by atoms with van der Waals surface area (Å²) in [6, 6.07) is 4.67. The Morgan fingerprint density at radius 1 is 1.35 bits per heavy atom. The third kappa shape index (κ3) is 4.00. The molecule has 0 spiro atoms. The van der Waals surface area contributed by atoms with Gasteiger partial charge in [-0.3, -0.25) is 4.90 Å². The Balaban J connectivity index is 2.13. The zero-order valence-corrected chi connectivity index (χ0v) is 13.1. The standard InChI is InChI=1S/C16H23FN2S/c1-16(2)6-3-8-19(9-7-16)11-12-10-13(17)4-5-14(12)15(18)20/h4-5,10H,3,6-9,11H2,1-2H3,(H2,18,20). The Morgan fingerprint density at radius 2 is 2.10 bits per heavy atom. The van der Waals surface area contributed by atoms with Gasteiger partial charge in [0.15, 0.2) is 0 Å². The summed E-state index contributed by atoms with van der Waals surface area (Å²) < 4.78 is 13.5. The van der Waals surface area contributed by atoms with E-state index in [-0.39, 0.29) is 5.82 Å². The van der Waals surface area contributed by atoms with E-state index in [0.29, 0.717) is 10.4 Å². The topological polar surface area (TPSA) is 29.3 Å². The average molecular weight is 294 g/mol. The van der Waals surface area contributed by atoms with Crippen molar-refractivity contribution in [1.82, 2.24) is 4.90 Å². The van der Waals surface area contributed by atoms with E-state index in [1.807, 2.05) is 0 Å². The number of nitrogens with two attached hydrogens (primary N) is 1. The van der Waals surface area contributed by atoms with Gasteiger partial charge in [-0.05, 0) is 61.5 Å². The van der Waals surface area contributed by atoms with Crippen molar-refractivity contribution in [2.75, 3.05) is 13.1 Å². The molecule has 0 unspecified atom stereocenters. The van der Waals surface area contributed by atoms with Crippen molar-refractivity contribution in [3.63, 3.8) is 0 Å². The Morgan fingerprint density at radius 3 is 2.80 bits per heavy atom. The molecule has 0 saturated carbocycles. The fourth-order valence-electron chi connectivity index (χ4n) is 2.81. The smallest absolute Gasteiger partial charge is 0.123 e. The van der Waals surface area contributed by atoms with Crippen LogP contribution in [-0.2, 0) is 6.54 Å². The van der Waals surface area contributed by atoms with Crippen LogP contribution in [0.3, 0.4) is 0 Å². The predicted octanol–water partition coefficient (Wildman–Crippen LogP) is 3.47. The van der Waals surface area contributed by atoms with Gasteiger partial charge in [-0.15, -0.1) is 0 Å². The minimum Gasteiger partial charge on any atom is -0.389 e. The minimum atomic E-state index is -0.227. The number of halogens is 1. The lowest BCUT2D eigenvalue weighted by atomic mass is 9.85. The SMILES string of the molecule is CC1(C)CCCN(Cc2cc(F)ccc2C(N)=S)CC1. The first-order chi connectivity index (χ1) is 9.37. The summed E-state index contributed by atoms with van der Waals surface area (Å²) in [6.45, 7) is 7.45. The summed E-state index contributed by atoms with van der Waals surface area (Å²) >= 11 is 5.06. The summed E-state index contributed by atoms with van der Waals surface area (Å²) in [5.41, 5.74) is 7.84. The zero-order valence-electron chi connectivity index (χ0n) is 12.3. The molecule has 1 fully saturated rings. The molecule has 20 heavy (non-hydrogen) atoms. The van der Waals surface area contributed by atoms with Crippen LogP contribution in [0, 0.1) is 11.2 Å². The largest absolute Gasteiger partial charge is 0.389 e. The van der Waals surface area contributed by atoms with Crippen molar-refractivity contribution >= 4 is 17.2 Å². The van der Waals surface area contributed by atoms with E-state index >= 15 is 0 Å². The van der Waals surface area contributed by atoms with E-state index < -0.39 is 0 Å². The summed E-state index contributed by atoms with van der Waals surface area (Å²) in [5.74, 6) is -0.227. The fourth-order valence-corrected chi connectivity index (χ4v) is 3.01. The molecule has 110 valence electrons. The number of hydrogen-bond donors (Lipinski definition) is 1. The van der Waals surface area contributed by atoms with Crippen molar-refractivity contribution < 1.29 is 4.39 Å². The molecule has 0 radical (unpaired) electrons. The van der Waals surface area contributed by atoms with Crippen LogP contribution in [0.1, 0.15) is 44.2 Å². The van der Waals surface area contributed by atoms with Crippen LogP contribution < -0.4 is 5.73 Å². The van der Waals surface area contributed by atoms with Gasteiger partial charge in [0.2, 0.25) is 0 Å². The maximum atomic E-state index is 13.5. The number of rotatable bonds is 3. The van der Waals surface area contributed by atoms with E-state index in [9.17, 15) is 4.39 Å². The highest BCUT2D eigenvalue weighted by molar-refractivity contribution is 7.80. The molecule has 2 rings (SSSR count). The van der Waals surface area contributed by atoms with Gasteiger partial charge in [-0.2, -0.15) is 0 Å². The van der Waals surface area contributed by atoms with Crippen LogP contribution in [0.2, 0.25) is 0 Å². The van der Waals surface area contributed by atoms with Gasteiger partial charge in [-0.1, -0.05) is 26.1 Å². The molecule has 0 atom stereocenters. The third-order valence-corrected chi connectivity index (χ3v) is 4.38. The molecule has 0 aliphatic carbocycles. The molecule has 1 saturated heterocycles. The molecular weight excluding hydrogens is 271 g/mol. The first-order valence-corrected chi connectivity index (χ1v) is 7.59. The van der Waals surface area contributed by atoms with Gasteiger partial charge in [0.05, 0.1) is 0 Å². The van der Waals surface area contributed by atoms with E-state index in [1.54, 1.807) is 12.1 Å². The molecule has 2 nitrogen and oxygen atoms in total. The molecule has 1 aliphatic rings. The normalized spacial score (nSPS) is 19.6. The number of hydrogen-bond acceptors (Lipinski definition) is 2. The van der Waals surface area contributed by atoms with Crippen LogP contribution in [0.15, 0.2) is 18.2 Å². The monoisotopic (exact) mass is 294 g/mol. The van der Waals surface area contributed by atoms with Crippen molar-refractivity contribution in [2.45, 2.75) is 39.7 Å². The van der Waals surface area contributed by atoms with Gasteiger partial charge in [0, 0.05) is 12.1 Å². The Bertz CT molecular complexity index is 499. The van der Waals surface area contributed by atoms with Gasteiger partial charge >= 0.3 is 0 Å². The van der Waals surface area contributed by atoms with Crippen molar-refractivity contribution in [2.24, 2.45) is 11.1 Å². The molecule has 4 heteroatoms. The minimum absolute atomic E-state index is 0.227. The summed E-state index contributed by atoms with van der Waals surface area (Å²) in [7, 11) is 0. The fraction of sp³-hybridized carbons (Fsp3) is 0.562. The summed E-state index contributed by atoms with van der Waals surface area (Å²) in [4.78, 5) is 2.72. The first-order valence-electron chi connectivity index (χ1n) is 7.18. The highest BCUT2D eigenvalue weighted by Gasteiger charge is 2.23. The molecule has 1 aromatic rings. The Labute approximate surface area is 126 Å². The second-order valence-electron chi connectivity index (χ2n) is 6.46. The molecule has 1 heterocycles. The summed E-state index contributed by atoms with van der Waals surface area (Å²) in [5, 5.41) is 0. The van der Waals surface area contributed by atoms with Crippen molar-refractivity contribution in [3.05, 3.63) is 35.1 Å². The van der Waals surface area contributed by atoms with Gasteiger partial charge < -0.3 is 5.73 Å². The van der Waals surface area contributed by atoms with Crippen LogP contribution in [0.4, 0.5) is 4.39 Å². The lowest BCUT2D eigenvalue weighted by Crippen LogP contribution is -2.26. The number of likely N-dealkylation sites (tertiary alicyclic amines) is 1. The van der Waals surface area contributed by atoms with E-state index in [1.165, 1.54) is 25.3 Å². The van der Waals surface area contributed by atoms with E-state index in [4.69, 9.17) is 18.0 Å². The van der Waals surface area contributed by atoms with Crippen molar-refractivity contribution in [1.29, 1.82) is 0 Å². The highest BCUT2D eigenvalue weighted by atomic mass is 32.1. The number of nitrogens with zero attached hydrogens (tertiary/aromatic N) is 1. The molecular formula is C16H23FN2S. The van der Waals surface area contributed by atoms with Crippen LogP contribution in [-0.4, -0.2) is 23.0 Å². The maximum absolute atomic E-state index is 13.5. The predicted molar refractivity (Wildman–Crippen MR) is 85.2 cm³/mol. The second-order valence-corrected chi connectivity index (χ2v) is 6.90. The molecule has 2 N–H and O–H groups in total. The quantitative estimate of drug-likeness (QED) is 0.866. The molecule has 1 aromatic carbocycles. The summed E-state index contributed by atoms with van der Waals surface area (Å²) in [6.07, 6.45) is 3.60. The molecule has 0 bridgehead atoms. The lowest BCUT2D eigenvalue weighted by Gasteiger charge is -2.24. The Kier molecular flexibility index (Phi) is 4.76. The maximum Gasteiger partial charge on any atom is 0.123 e. The highest BCUT2D eigenvalue weighted by Crippen LogP contribution is 2.30. The lowest BCUT2D eigenvalue weighted by molar-refractivity contribution is 0.255. The number of benzene rings is 1. The van der Waals surface area contributed by atoms with E-state index in [0.717, 1.165) is 30.8 Å². The molecule has 0 amide bonds. The van der Waals surface area contributed by atoms with Crippen LogP contribution in [0.5, 0.6) is 0 Å². The average Bonchev–Trinajstić information content (AvgIpc) is 2.51. The van der Waals surface area contributed by atoms with Crippen molar-refractivity contribution in [3.8, 4) is 0 Å². The molecule has 0 aromatic heterocycles. The first kappa shape index (κ1) is 15.4. The van der Waals surface area contributed by atoms with E-state index in [2.05, 4.69) is 18.7 Å². The van der Waals surface area contributed by atoms with Crippen LogP contribution in [0.25, 0.3) is 0 Å². The number of thiocarbonyl (C=S) groups is 1. The third-order valence-electron chi connectivity index (χ3n) is 4.16. The van der Waals surface area contributed by atoms with Gasteiger partial charge in [-0.25, -0.2) is 4.39 Å².